The predicted molar refractivity (Wildman–Crippen MR) is 50.5 cm³/mol. The van der Waals surface area contributed by atoms with E-state index in [1.54, 1.807) is 0 Å². The molecule has 1 saturated heterocycles. The highest BCUT2D eigenvalue weighted by molar-refractivity contribution is 6.21. The first kappa shape index (κ1) is 8.83. The van der Waals surface area contributed by atoms with Gasteiger partial charge in [-0.2, -0.15) is 0 Å². The van der Waals surface area contributed by atoms with Gasteiger partial charge in [-0.25, -0.2) is 0 Å². The zero-order valence-electron chi connectivity index (χ0n) is 7.68. The molecule has 0 radical (unpaired) electrons. The van der Waals surface area contributed by atoms with Crippen LogP contribution in [0.5, 0.6) is 0 Å². The van der Waals surface area contributed by atoms with E-state index < -0.39 is 0 Å². The minimum Gasteiger partial charge on any atom is -0.381 e. The van der Waals surface area contributed by atoms with Crippen LogP contribution in [0.1, 0.15) is 32.6 Å². The molecule has 70 valence electrons. The molecule has 0 N–H and O–H groups in total. The number of ether oxygens (including phenoxy) is 1. The summed E-state index contributed by atoms with van der Waals surface area (Å²) in [6.07, 6.45) is 5.24. The molecule has 0 aromatic carbocycles. The lowest BCUT2D eigenvalue weighted by atomic mass is 9.89. The fraction of sp³-hybridized carbons (Fsp3) is 1.00. The average Bonchev–Trinajstić information content (AvgIpc) is 2.60. The molecule has 1 heterocycles. The molecule has 12 heavy (non-hydrogen) atoms. The van der Waals surface area contributed by atoms with Crippen LogP contribution in [-0.2, 0) is 4.74 Å². The Hall–Kier alpha value is 0.250. The Bertz CT molecular complexity index is 157. The molecule has 2 heteroatoms. The summed E-state index contributed by atoms with van der Waals surface area (Å²) in [7, 11) is 0. The highest BCUT2D eigenvalue weighted by Crippen LogP contribution is 2.55. The van der Waals surface area contributed by atoms with Gasteiger partial charge in [0.05, 0.1) is 0 Å². The van der Waals surface area contributed by atoms with Gasteiger partial charge in [-0.3, -0.25) is 0 Å². The molecule has 2 aliphatic rings. The molecular weight excluding hydrogens is 172 g/mol. The van der Waals surface area contributed by atoms with E-state index in [1.807, 2.05) is 0 Å². The molecule has 0 aromatic rings. The van der Waals surface area contributed by atoms with Gasteiger partial charge in [-0.15, -0.1) is 11.6 Å². The summed E-state index contributed by atoms with van der Waals surface area (Å²) in [5, 5.41) is 0.359. The maximum absolute atomic E-state index is 6.17. The number of rotatable bonds is 3. The number of alkyl halides is 1. The fourth-order valence-electron chi connectivity index (χ4n) is 2.24. The largest absolute Gasteiger partial charge is 0.381 e. The summed E-state index contributed by atoms with van der Waals surface area (Å²) in [6, 6.07) is 0. The summed E-state index contributed by atoms with van der Waals surface area (Å²) < 4.78 is 5.37. The SMILES string of the molecule is CC(Cl)C1(CC2CCOC2)CC1. The maximum atomic E-state index is 6.17. The van der Waals surface area contributed by atoms with Crippen LogP contribution in [0.25, 0.3) is 0 Å². The molecule has 2 unspecified atom stereocenters. The zero-order chi connectivity index (χ0) is 8.60. The van der Waals surface area contributed by atoms with Crippen molar-refractivity contribution in [3.05, 3.63) is 0 Å². The first-order valence-electron chi connectivity index (χ1n) is 4.95. The molecule has 1 nitrogen and oxygen atoms in total. The monoisotopic (exact) mass is 188 g/mol. The van der Waals surface area contributed by atoms with Crippen LogP contribution >= 0.6 is 11.6 Å². The van der Waals surface area contributed by atoms with Crippen molar-refractivity contribution in [1.29, 1.82) is 0 Å². The molecule has 1 aliphatic heterocycles. The molecule has 0 amide bonds. The van der Waals surface area contributed by atoms with Crippen molar-refractivity contribution in [1.82, 2.24) is 0 Å². The summed E-state index contributed by atoms with van der Waals surface area (Å²) in [5.41, 5.74) is 0.500. The van der Waals surface area contributed by atoms with E-state index in [4.69, 9.17) is 16.3 Å². The van der Waals surface area contributed by atoms with E-state index in [0.29, 0.717) is 10.8 Å². The van der Waals surface area contributed by atoms with E-state index in [-0.39, 0.29) is 0 Å². The number of hydrogen-bond donors (Lipinski definition) is 0. The Morgan fingerprint density at radius 2 is 2.33 bits per heavy atom. The van der Waals surface area contributed by atoms with Gasteiger partial charge in [0.1, 0.15) is 0 Å². The van der Waals surface area contributed by atoms with Crippen LogP contribution in [0.4, 0.5) is 0 Å². The molecule has 2 fully saturated rings. The van der Waals surface area contributed by atoms with E-state index in [9.17, 15) is 0 Å². The number of halogens is 1. The van der Waals surface area contributed by atoms with Crippen LogP contribution in [0, 0.1) is 11.3 Å². The van der Waals surface area contributed by atoms with E-state index >= 15 is 0 Å². The molecule has 0 bridgehead atoms. The quantitative estimate of drug-likeness (QED) is 0.619. The predicted octanol–water partition coefficient (Wildman–Crippen LogP) is 2.82. The highest BCUT2D eigenvalue weighted by atomic mass is 35.5. The molecule has 1 saturated carbocycles. The van der Waals surface area contributed by atoms with Gasteiger partial charge < -0.3 is 4.74 Å². The van der Waals surface area contributed by atoms with Gasteiger partial charge in [0.25, 0.3) is 0 Å². The third-order valence-electron chi connectivity index (χ3n) is 3.46. The van der Waals surface area contributed by atoms with Crippen molar-refractivity contribution in [2.45, 2.75) is 38.0 Å². The summed E-state index contributed by atoms with van der Waals surface area (Å²) in [5.74, 6) is 0.800. The van der Waals surface area contributed by atoms with Crippen LogP contribution in [0.3, 0.4) is 0 Å². The normalized spacial score (nSPS) is 35.0. The molecule has 2 rings (SSSR count). The lowest BCUT2D eigenvalue weighted by Gasteiger charge is -2.20. The van der Waals surface area contributed by atoms with E-state index in [1.165, 1.54) is 25.7 Å². The second kappa shape index (κ2) is 3.19. The van der Waals surface area contributed by atoms with E-state index in [0.717, 1.165) is 19.1 Å². The van der Waals surface area contributed by atoms with E-state index in [2.05, 4.69) is 6.92 Å². The second-order valence-electron chi connectivity index (χ2n) is 4.41. The van der Waals surface area contributed by atoms with Gasteiger partial charge in [0.2, 0.25) is 0 Å². The van der Waals surface area contributed by atoms with Gasteiger partial charge in [-0.05, 0) is 43.9 Å². The Balaban J connectivity index is 1.85. The fourth-order valence-corrected chi connectivity index (χ4v) is 2.55. The highest BCUT2D eigenvalue weighted by Gasteiger charge is 2.47. The van der Waals surface area contributed by atoms with Crippen LogP contribution < -0.4 is 0 Å². The van der Waals surface area contributed by atoms with Crippen molar-refractivity contribution in [2.75, 3.05) is 13.2 Å². The van der Waals surface area contributed by atoms with Crippen LogP contribution in [-0.4, -0.2) is 18.6 Å². The summed E-state index contributed by atoms with van der Waals surface area (Å²) in [6.45, 7) is 4.09. The summed E-state index contributed by atoms with van der Waals surface area (Å²) in [4.78, 5) is 0. The van der Waals surface area contributed by atoms with Crippen LogP contribution in [0.15, 0.2) is 0 Å². The van der Waals surface area contributed by atoms with Crippen molar-refractivity contribution < 1.29 is 4.74 Å². The minimum absolute atomic E-state index is 0.359. The molecule has 0 spiro atoms. The summed E-state index contributed by atoms with van der Waals surface area (Å²) >= 11 is 6.17. The van der Waals surface area contributed by atoms with Crippen LogP contribution in [0.2, 0.25) is 0 Å². The van der Waals surface area contributed by atoms with Crippen molar-refractivity contribution in [2.24, 2.45) is 11.3 Å². The van der Waals surface area contributed by atoms with Crippen molar-refractivity contribution in [3.63, 3.8) is 0 Å². The van der Waals surface area contributed by atoms with Gasteiger partial charge in [0.15, 0.2) is 0 Å². The van der Waals surface area contributed by atoms with Gasteiger partial charge in [0, 0.05) is 18.6 Å². The van der Waals surface area contributed by atoms with Crippen molar-refractivity contribution in [3.8, 4) is 0 Å². The Kier molecular flexibility index (Phi) is 2.35. The van der Waals surface area contributed by atoms with Crippen molar-refractivity contribution >= 4 is 11.6 Å². The molecule has 1 aliphatic carbocycles. The topological polar surface area (TPSA) is 9.23 Å². The Labute approximate surface area is 79.4 Å². The molecule has 0 aromatic heterocycles. The van der Waals surface area contributed by atoms with Gasteiger partial charge >= 0.3 is 0 Å². The average molecular weight is 189 g/mol. The third-order valence-corrected chi connectivity index (χ3v) is 3.92. The first-order valence-corrected chi connectivity index (χ1v) is 5.38. The minimum atomic E-state index is 0.359. The molecule has 2 atom stereocenters. The lowest BCUT2D eigenvalue weighted by molar-refractivity contribution is 0.178. The third kappa shape index (κ3) is 1.62. The zero-order valence-corrected chi connectivity index (χ0v) is 8.44. The smallest absolute Gasteiger partial charge is 0.0495 e. The second-order valence-corrected chi connectivity index (χ2v) is 5.07. The first-order chi connectivity index (χ1) is 5.73. The maximum Gasteiger partial charge on any atom is 0.0495 e. The standard InChI is InChI=1S/C10H17ClO/c1-8(11)10(3-4-10)6-9-2-5-12-7-9/h8-9H,2-7H2,1H3. The number of hydrogen-bond acceptors (Lipinski definition) is 1. The Morgan fingerprint density at radius 1 is 1.58 bits per heavy atom. The molecular formula is C10H17ClO. The lowest BCUT2D eigenvalue weighted by Crippen LogP contribution is -2.17. The van der Waals surface area contributed by atoms with Gasteiger partial charge in [-0.1, -0.05) is 0 Å². The Morgan fingerprint density at radius 3 is 2.75 bits per heavy atom.